The number of halogens is 1. The average molecular weight is 210 g/mol. The van der Waals surface area contributed by atoms with Crippen molar-refractivity contribution in [1.82, 2.24) is 9.38 Å². The van der Waals surface area contributed by atoms with Gasteiger partial charge in [-0.15, -0.1) is 0 Å². The molecule has 74 valence electrons. The van der Waals surface area contributed by atoms with E-state index in [4.69, 9.17) is 17.3 Å². The Balaban J connectivity index is 2.66. The van der Waals surface area contributed by atoms with Gasteiger partial charge in [-0.1, -0.05) is 11.6 Å². The van der Waals surface area contributed by atoms with Crippen LogP contribution in [-0.4, -0.2) is 15.9 Å². The van der Waals surface area contributed by atoms with E-state index in [9.17, 15) is 0 Å². The Morgan fingerprint density at radius 2 is 2.29 bits per heavy atom. The second-order valence-corrected chi connectivity index (χ2v) is 3.69. The number of hydrogen-bond donors (Lipinski definition) is 1. The molecule has 0 saturated heterocycles. The second kappa shape index (κ2) is 3.59. The van der Waals surface area contributed by atoms with Crippen molar-refractivity contribution in [2.24, 2.45) is 5.73 Å². The molecular weight excluding hydrogens is 198 g/mol. The van der Waals surface area contributed by atoms with E-state index in [0.717, 1.165) is 23.5 Å². The summed E-state index contributed by atoms with van der Waals surface area (Å²) in [7, 11) is 0. The first kappa shape index (κ1) is 9.49. The molecule has 0 fully saturated rings. The zero-order valence-electron chi connectivity index (χ0n) is 8.00. The van der Waals surface area contributed by atoms with Gasteiger partial charge in [-0.2, -0.15) is 0 Å². The summed E-state index contributed by atoms with van der Waals surface area (Å²) in [4.78, 5) is 4.42. The van der Waals surface area contributed by atoms with Gasteiger partial charge in [0.2, 0.25) is 0 Å². The van der Waals surface area contributed by atoms with Gasteiger partial charge in [0.25, 0.3) is 0 Å². The minimum absolute atomic E-state index is 0.626. The molecule has 0 aliphatic heterocycles. The largest absolute Gasteiger partial charge is 0.330 e. The summed E-state index contributed by atoms with van der Waals surface area (Å²) in [6.07, 6.45) is 2.70. The minimum Gasteiger partial charge on any atom is -0.330 e. The van der Waals surface area contributed by atoms with Crippen molar-refractivity contribution in [2.75, 3.05) is 6.54 Å². The van der Waals surface area contributed by atoms with Crippen LogP contribution in [-0.2, 0) is 6.42 Å². The Labute approximate surface area is 87.5 Å². The highest BCUT2D eigenvalue weighted by Gasteiger charge is 2.07. The van der Waals surface area contributed by atoms with E-state index in [-0.39, 0.29) is 0 Å². The van der Waals surface area contributed by atoms with Gasteiger partial charge in [0, 0.05) is 18.3 Å². The van der Waals surface area contributed by atoms with Crippen LogP contribution in [0.25, 0.3) is 5.65 Å². The topological polar surface area (TPSA) is 43.3 Å². The number of hydrogen-bond acceptors (Lipinski definition) is 2. The maximum Gasteiger partial charge on any atom is 0.137 e. The van der Waals surface area contributed by atoms with E-state index in [1.165, 1.54) is 0 Å². The van der Waals surface area contributed by atoms with E-state index < -0.39 is 0 Å². The Hall–Kier alpha value is -1.06. The van der Waals surface area contributed by atoms with E-state index in [2.05, 4.69) is 4.98 Å². The maximum absolute atomic E-state index is 5.92. The zero-order valence-corrected chi connectivity index (χ0v) is 8.75. The van der Waals surface area contributed by atoms with Crippen molar-refractivity contribution in [1.29, 1.82) is 0 Å². The fourth-order valence-corrected chi connectivity index (χ4v) is 1.78. The fourth-order valence-electron chi connectivity index (χ4n) is 1.62. The predicted molar refractivity (Wildman–Crippen MR) is 57.7 cm³/mol. The Bertz CT molecular complexity index is 462. The van der Waals surface area contributed by atoms with Crippen LogP contribution in [0.3, 0.4) is 0 Å². The van der Waals surface area contributed by atoms with Crippen molar-refractivity contribution in [3.63, 3.8) is 0 Å². The molecule has 0 aromatic carbocycles. The summed E-state index contributed by atoms with van der Waals surface area (Å²) in [5.74, 6) is 0. The third kappa shape index (κ3) is 1.49. The molecule has 2 N–H and O–H groups in total. The third-order valence-corrected chi connectivity index (χ3v) is 2.49. The summed E-state index contributed by atoms with van der Waals surface area (Å²) < 4.78 is 2.00. The smallest absolute Gasteiger partial charge is 0.137 e. The summed E-state index contributed by atoms with van der Waals surface area (Å²) in [6.45, 7) is 2.62. The molecule has 0 aliphatic carbocycles. The van der Waals surface area contributed by atoms with Crippen LogP contribution >= 0.6 is 11.6 Å². The molecule has 0 amide bonds. The molecule has 0 atom stereocenters. The standard InChI is InChI=1S/C10H12ClN3/c1-7-9(4-5-12)14-6-8(11)2-3-10(14)13-7/h2-3,6H,4-5,12H2,1H3. The summed E-state index contributed by atoms with van der Waals surface area (Å²) >= 11 is 5.92. The molecule has 4 heteroatoms. The first-order valence-corrected chi connectivity index (χ1v) is 4.93. The van der Waals surface area contributed by atoms with E-state index in [1.807, 2.05) is 29.7 Å². The molecule has 0 radical (unpaired) electrons. The molecule has 2 aromatic heterocycles. The molecule has 2 aromatic rings. The highest BCUT2D eigenvalue weighted by molar-refractivity contribution is 6.30. The lowest BCUT2D eigenvalue weighted by Gasteiger charge is -2.00. The molecule has 0 aliphatic rings. The minimum atomic E-state index is 0.626. The summed E-state index contributed by atoms with van der Waals surface area (Å²) in [5, 5.41) is 0.716. The molecule has 0 spiro atoms. The van der Waals surface area contributed by atoms with E-state index >= 15 is 0 Å². The molecule has 2 heterocycles. The van der Waals surface area contributed by atoms with Crippen molar-refractivity contribution < 1.29 is 0 Å². The number of pyridine rings is 1. The van der Waals surface area contributed by atoms with Crippen LogP contribution in [0.5, 0.6) is 0 Å². The van der Waals surface area contributed by atoms with Crippen molar-refractivity contribution >= 4 is 17.2 Å². The van der Waals surface area contributed by atoms with Gasteiger partial charge < -0.3 is 10.1 Å². The van der Waals surface area contributed by atoms with Crippen molar-refractivity contribution in [3.8, 4) is 0 Å². The van der Waals surface area contributed by atoms with Crippen LogP contribution in [0.1, 0.15) is 11.4 Å². The number of nitrogens with zero attached hydrogens (tertiary/aromatic N) is 2. The van der Waals surface area contributed by atoms with Crippen LogP contribution in [0, 0.1) is 6.92 Å². The monoisotopic (exact) mass is 209 g/mol. The molecular formula is C10H12ClN3. The van der Waals surface area contributed by atoms with Crippen LogP contribution in [0.4, 0.5) is 0 Å². The number of nitrogens with two attached hydrogens (primary N) is 1. The number of imidazole rings is 1. The number of aromatic nitrogens is 2. The molecule has 3 nitrogen and oxygen atoms in total. The molecule has 0 saturated carbocycles. The zero-order chi connectivity index (χ0) is 10.1. The van der Waals surface area contributed by atoms with Crippen LogP contribution in [0.15, 0.2) is 18.3 Å². The molecule has 14 heavy (non-hydrogen) atoms. The van der Waals surface area contributed by atoms with Gasteiger partial charge in [0.15, 0.2) is 0 Å². The van der Waals surface area contributed by atoms with E-state index in [1.54, 1.807) is 0 Å². The van der Waals surface area contributed by atoms with Crippen LogP contribution in [0.2, 0.25) is 5.02 Å². The molecule has 0 bridgehead atoms. The van der Waals surface area contributed by atoms with Gasteiger partial charge in [-0.05, 0) is 25.6 Å². The van der Waals surface area contributed by atoms with Crippen molar-refractivity contribution in [3.05, 3.63) is 34.7 Å². The lowest BCUT2D eigenvalue weighted by Crippen LogP contribution is -2.06. The average Bonchev–Trinajstić information content (AvgIpc) is 2.45. The second-order valence-electron chi connectivity index (χ2n) is 3.26. The number of rotatable bonds is 2. The maximum atomic E-state index is 5.92. The van der Waals surface area contributed by atoms with Gasteiger partial charge >= 0.3 is 0 Å². The van der Waals surface area contributed by atoms with Gasteiger partial charge in [-0.3, -0.25) is 0 Å². The SMILES string of the molecule is Cc1nc2ccc(Cl)cn2c1CCN. The first-order valence-electron chi connectivity index (χ1n) is 4.55. The number of aryl methyl sites for hydroxylation is 1. The molecule has 2 rings (SSSR count). The fraction of sp³-hybridized carbons (Fsp3) is 0.300. The highest BCUT2D eigenvalue weighted by Crippen LogP contribution is 2.16. The Kier molecular flexibility index (Phi) is 2.44. The first-order chi connectivity index (χ1) is 6.72. The third-order valence-electron chi connectivity index (χ3n) is 2.26. The summed E-state index contributed by atoms with van der Waals surface area (Å²) in [6, 6.07) is 3.75. The van der Waals surface area contributed by atoms with Crippen LogP contribution < -0.4 is 5.73 Å². The quantitative estimate of drug-likeness (QED) is 0.820. The number of fused-ring (bicyclic) bond motifs is 1. The lowest BCUT2D eigenvalue weighted by atomic mass is 10.2. The van der Waals surface area contributed by atoms with E-state index in [0.29, 0.717) is 11.6 Å². The normalized spacial score (nSPS) is 11.1. The highest BCUT2D eigenvalue weighted by atomic mass is 35.5. The van der Waals surface area contributed by atoms with Gasteiger partial charge in [0.1, 0.15) is 5.65 Å². The van der Waals surface area contributed by atoms with Gasteiger partial charge in [-0.25, -0.2) is 4.98 Å². The predicted octanol–water partition coefficient (Wildman–Crippen LogP) is 1.80. The van der Waals surface area contributed by atoms with Crippen molar-refractivity contribution in [2.45, 2.75) is 13.3 Å². The lowest BCUT2D eigenvalue weighted by molar-refractivity contribution is 0.894. The van der Waals surface area contributed by atoms with Gasteiger partial charge in [0.05, 0.1) is 10.7 Å². The Morgan fingerprint density at radius 3 is 3.00 bits per heavy atom. The Morgan fingerprint density at radius 1 is 1.50 bits per heavy atom. The molecule has 0 unspecified atom stereocenters. The summed E-state index contributed by atoms with van der Waals surface area (Å²) in [5.41, 5.74) is 8.64.